The second-order valence-electron chi connectivity index (χ2n) is 6.30. The van der Waals surface area contributed by atoms with Gasteiger partial charge in [0.05, 0.1) is 18.2 Å². The highest BCUT2D eigenvalue weighted by Gasteiger charge is 2.13. The Labute approximate surface area is 162 Å². The summed E-state index contributed by atoms with van der Waals surface area (Å²) in [7, 11) is 0. The van der Waals surface area contributed by atoms with Crippen molar-refractivity contribution in [1.82, 2.24) is 10.3 Å². The topological polar surface area (TPSA) is 51.2 Å². The maximum absolute atomic E-state index is 12.9. The Balaban J connectivity index is 1.51. The summed E-state index contributed by atoms with van der Waals surface area (Å²) in [6.07, 6.45) is 0.225. The Morgan fingerprint density at radius 2 is 1.96 bits per heavy atom. The first-order chi connectivity index (χ1) is 13.0. The monoisotopic (exact) mass is 384 g/mol. The van der Waals surface area contributed by atoms with E-state index in [1.165, 1.54) is 23.5 Å². The summed E-state index contributed by atoms with van der Waals surface area (Å²) in [6, 6.07) is 13.8. The number of aryl methyl sites for hydroxylation is 1. The molecule has 0 bridgehead atoms. The smallest absolute Gasteiger partial charge is 0.226 e. The first-order valence-electron chi connectivity index (χ1n) is 8.68. The SMILES string of the molecule is Cc1ccccc1C(C)NC(=O)Cc1csc(COc2ccc(F)cc2)n1. The number of nitrogens with zero attached hydrogens (tertiary/aromatic N) is 1. The average molecular weight is 384 g/mol. The molecular weight excluding hydrogens is 363 g/mol. The van der Waals surface area contributed by atoms with Crippen LogP contribution in [-0.4, -0.2) is 10.9 Å². The number of carbonyl (C=O) groups excluding carboxylic acids is 1. The minimum absolute atomic E-state index is 0.0568. The van der Waals surface area contributed by atoms with Crippen LogP contribution >= 0.6 is 11.3 Å². The van der Waals surface area contributed by atoms with Gasteiger partial charge in [0, 0.05) is 5.38 Å². The number of aromatic nitrogens is 1. The molecule has 3 aromatic rings. The van der Waals surface area contributed by atoms with Gasteiger partial charge >= 0.3 is 0 Å². The third kappa shape index (κ3) is 5.37. The lowest BCUT2D eigenvalue weighted by molar-refractivity contribution is -0.121. The van der Waals surface area contributed by atoms with Crippen molar-refractivity contribution in [3.63, 3.8) is 0 Å². The summed E-state index contributed by atoms with van der Waals surface area (Å²) in [6.45, 7) is 4.30. The molecule has 1 atom stereocenters. The first-order valence-corrected chi connectivity index (χ1v) is 9.56. The summed E-state index contributed by atoms with van der Waals surface area (Å²) >= 11 is 1.44. The van der Waals surface area contributed by atoms with E-state index in [4.69, 9.17) is 4.74 Å². The van der Waals surface area contributed by atoms with Crippen LogP contribution in [0.1, 0.15) is 34.8 Å². The van der Waals surface area contributed by atoms with Gasteiger partial charge in [0.25, 0.3) is 0 Å². The summed E-state index contributed by atoms with van der Waals surface area (Å²) in [5.74, 6) is 0.213. The van der Waals surface area contributed by atoms with Gasteiger partial charge in [0.2, 0.25) is 5.91 Å². The average Bonchev–Trinajstić information content (AvgIpc) is 3.08. The fourth-order valence-electron chi connectivity index (χ4n) is 2.78. The standard InChI is InChI=1S/C21H21FN2O2S/c1-14-5-3-4-6-19(14)15(2)23-20(25)11-17-13-27-21(24-17)12-26-18-9-7-16(22)8-10-18/h3-10,13,15H,11-12H2,1-2H3,(H,23,25). The second-order valence-corrected chi connectivity index (χ2v) is 7.24. The number of hydrogen-bond donors (Lipinski definition) is 1. The van der Waals surface area contributed by atoms with Gasteiger partial charge in [-0.15, -0.1) is 11.3 Å². The van der Waals surface area contributed by atoms with Gasteiger partial charge in [0.1, 0.15) is 23.2 Å². The normalized spacial score (nSPS) is 11.8. The predicted molar refractivity (Wildman–Crippen MR) is 104 cm³/mol. The molecule has 1 amide bonds. The third-order valence-electron chi connectivity index (χ3n) is 4.15. The zero-order valence-corrected chi connectivity index (χ0v) is 16.1. The maximum atomic E-state index is 12.9. The molecule has 0 saturated carbocycles. The Morgan fingerprint density at radius 3 is 2.70 bits per heavy atom. The van der Waals surface area contributed by atoms with E-state index in [1.54, 1.807) is 12.1 Å². The van der Waals surface area contributed by atoms with Crippen molar-refractivity contribution >= 4 is 17.2 Å². The Kier molecular flexibility index (Phi) is 6.19. The molecule has 1 unspecified atom stereocenters. The van der Waals surface area contributed by atoms with Crippen LogP contribution in [0.5, 0.6) is 5.75 Å². The van der Waals surface area contributed by atoms with Crippen LogP contribution in [0.2, 0.25) is 0 Å². The van der Waals surface area contributed by atoms with Gasteiger partial charge in [-0.25, -0.2) is 9.37 Å². The van der Waals surface area contributed by atoms with Gasteiger partial charge < -0.3 is 10.1 Å². The van der Waals surface area contributed by atoms with Crippen LogP contribution in [-0.2, 0) is 17.8 Å². The predicted octanol–water partition coefficient (Wildman–Crippen LogP) is 4.59. The van der Waals surface area contributed by atoms with Crippen LogP contribution in [0.3, 0.4) is 0 Å². The lowest BCUT2D eigenvalue weighted by Gasteiger charge is -2.16. The molecule has 0 aliphatic heterocycles. The zero-order valence-electron chi connectivity index (χ0n) is 15.2. The molecular formula is C21H21FN2O2S. The second kappa shape index (κ2) is 8.77. The van der Waals surface area contributed by atoms with Crippen LogP contribution in [0, 0.1) is 12.7 Å². The van der Waals surface area contributed by atoms with E-state index in [2.05, 4.69) is 10.3 Å². The number of ether oxygens (including phenoxy) is 1. The van der Waals surface area contributed by atoms with E-state index < -0.39 is 0 Å². The van der Waals surface area contributed by atoms with Crippen LogP contribution in [0.15, 0.2) is 53.9 Å². The first kappa shape index (κ1) is 19.0. The molecule has 27 heavy (non-hydrogen) atoms. The Hall–Kier alpha value is -2.73. The van der Waals surface area contributed by atoms with Crippen molar-refractivity contribution in [2.45, 2.75) is 32.9 Å². The van der Waals surface area contributed by atoms with Crippen molar-refractivity contribution in [1.29, 1.82) is 0 Å². The minimum Gasteiger partial charge on any atom is -0.486 e. The Morgan fingerprint density at radius 1 is 1.22 bits per heavy atom. The molecule has 0 aliphatic carbocycles. The molecule has 0 saturated heterocycles. The third-order valence-corrected chi connectivity index (χ3v) is 5.02. The lowest BCUT2D eigenvalue weighted by atomic mass is 10.0. The number of amides is 1. The highest BCUT2D eigenvalue weighted by molar-refractivity contribution is 7.09. The number of rotatable bonds is 7. The molecule has 4 nitrogen and oxygen atoms in total. The Bertz CT molecular complexity index is 909. The molecule has 0 spiro atoms. The summed E-state index contributed by atoms with van der Waals surface area (Å²) in [5, 5.41) is 5.65. The van der Waals surface area contributed by atoms with Crippen LogP contribution in [0.4, 0.5) is 4.39 Å². The molecule has 1 heterocycles. The van der Waals surface area contributed by atoms with Gasteiger partial charge in [-0.2, -0.15) is 0 Å². The van der Waals surface area contributed by atoms with Crippen molar-refractivity contribution in [2.75, 3.05) is 0 Å². The minimum atomic E-state index is -0.301. The van der Waals surface area contributed by atoms with Gasteiger partial charge in [0.15, 0.2) is 0 Å². The summed E-state index contributed by atoms with van der Waals surface area (Å²) in [4.78, 5) is 16.8. The molecule has 6 heteroatoms. The van der Waals surface area contributed by atoms with Gasteiger partial charge in [-0.1, -0.05) is 24.3 Å². The molecule has 1 N–H and O–H groups in total. The van der Waals surface area contributed by atoms with Crippen molar-refractivity contribution in [3.05, 3.63) is 81.6 Å². The van der Waals surface area contributed by atoms with Gasteiger partial charge in [-0.3, -0.25) is 4.79 Å². The highest BCUT2D eigenvalue weighted by Crippen LogP contribution is 2.18. The molecule has 1 aromatic heterocycles. The molecule has 140 valence electrons. The number of halogens is 1. The molecule has 2 aromatic carbocycles. The van der Waals surface area contributed by atoms with Crippen molar-refractivity contribution < 1.29 is 13.9 Å². The fraction of sp³-hybridized carbons (Fsp3) is 0.238. The van der Waals surface area contributed by atoms with E-state index in [0.29, 0.717) is 11.4 Å². The maximum Gasteiger partial charge on any atom is 0.226 e. The quantitative estimate of drug-likeness (QED) is 0.648. The van der Waals surface area contributed by atoms with Crippen LogP contribution < -0.4 is 10.1 Å². The van der Waals surface area contributed by atoms with E-state index in [-0.39, 0.29) is 30.8 Å². The molecule has 0 aliphatic rings. The summed E-state index contributed by atoms with van der Waals surface area (Å²) < 4.78 is 18.5. The molecule has 0 fully saturated rings. The number of benzene rings is 2. The van der Waals surface area contributed by atoms with E-state index in [9.17, 15) is 9.18 Å². The van der Waals surface area contributed by atoms with Crippen molar-refractivity contribution in [2.24, 2.45) is 0 Å². The van der Waals surface area contributed by atoms with E-state index in [1.807, 2.05) is 43.5 Å². The van der Waals surface area contributed by atoms with E-state index >= 15 is 0 Å². The fourth-order valence-corrected chi connectivity index (χ4v) is 3.48. The largest absolute Gasteiger partial charge is 0.486 e. The zero-order chi connectivity index (χ0) is 19.2. The number of hydrogen-bond acceptors (Lipinski definition) is 4. The molecule has 3 rings (SSSR count). The number of thiazole rings is 1. The van der Waals surface area contributed by atoms with Crippen LogP contribution in [0.25, 0.3) is 0 Å². The highest BCUT2D eigenvalue weighted by atomic mass is 32.1. The lowest BCUT2D eigenvalue weighted by Crippen LogP contribution is -2.28. The number of carbonyl (C=O) groups is 1. The van der Waals surface area contributed by atoms with Crippen molar-refractivity contribution in [3.8, 4) is 5.75 Å². The molecule has 0 radical (unpaired) electrons. The number of nitrogens with one attached hydrogen (secondary N) is 1. The van der Waals surface area contributed by atoms with Gasteiger partial charge in [-0.05, 0) is 49.2 Å². The van der Waals surface area contributed by atoms with E-state index in [0.717, 1.165) is 16.1 Å². The summed E-state index contributed by atoms with van der Waals surface area (Å²) in [5.41, 5.74) is 2.98.